The van der Waals surface area contributed by atoms with Crippen LogP contribution in [0.4, 0.5) is 0 Å². The molecule has 3 rings (SSSR count). The number of halogens is 2. The van der Waals surface area contributed by atoms with Gasteiger partial charge in [-0.15, -0.1) is 24.8 Å². The van der Waals surface area contributed by atoms with Crippen molar-refractivity contribution in [2.45, 2.75) is 66.2 Å². The van der Waals surface area contributed by atoms with E-state index in [1.54, 1.807) is 16.7 Å². The first-order chi connectivity index (χ1) is 10.1. The summed E-state index contributed by atoms with van der Waals surface area (Å²) < 4.78 is 5.78. The first-order valence-electron chi connectivity index (χ1n) is 8.56. The Labute approximate surface area is 162 Å². The molecule has 0 aliphatic heterocycles. The smallest absolute Gasteiger partial charge is 0.147 e. The van der Waals surface area contributed by atoms with Gasteiger partial charge in [0.25, 0.3) is 0 Å². The van der Waals surface area contributed by atoms with Crippen LogP contribution >= 0.6 is 24.8 Å². The molecule has 1 unspecified atom stereocenters. The van der Waals surface area contributed by atoms with Crippen molar-refractivity contribution in [3.8, 4) is 0 Å². The summed E-state index contributed by atoms with van der Waals surface area (Å²) in [6.07, 6.45) is 15.9. The van der Waals surface area contributed by atoms with E-state index < -0.39 is 21.3 Å². The molecular weight excluding hydrogens is 402 g/mol. The summed E-state index contributed by atoms with van der Waals surface area (Å²) in [7, 11) is 0. The van der Waals surface area contributed by atoms with Gasteiger partial charge in [-0.1, -0.05) is 0 Å². The van der Waals surface area contributed by atoms with Crippen LogP contribution < -0.4 is 0 Å². The van der Waals surface area contributed by atoms with Gasteiger partial charge < -0.3 is 0 Å². The van der Waals surface area contributed by atoms with E-state index in [0.29, 0.717) is 5.92 Å². The fourth-order valence-corrected chi connectivity index (χ4v) is 13.6. The molecule has 1 atom stereocenters. The molecule has 0 N–H and O–H groups in total. The maximum absolute atomic E-state index is 2.58. The molecule has 128 valence electrons. The maximum Gasteiger partial charge on any atom is -0.147 e. The summed E-state index contributed by atoms with van der Waals surface area (Å²) in [5, 5.41) is 0. The average Bonchev–Trinajstić information content (AvgIpc) is 2.97. The predicted octanol–water partition coefficient (Wildman–Crippen LogP) is 6.69. The molecule has 3 aliphatic carbocycles. The fraction of sp³-hybridized carbons (Fsp3) is 0.550. The van der Waals surface area contributed by atoms with Crippen molar-refractivity contribution < 1.29 is 21.3 Å². The minimum absolute atomic E-state index is 0. The van der Waals surface area contributed by atoms with Crippen LogP contribution in [0.3, 0.4) is 0 Å². The topological polar surface area (TPSA) is 0 Å². The van der Waals surface area contributed by atoms with E-state index in [0.717, 1.165) is 0 Å². The predicted molar refractivity (Wildman–Crippen MR) is 105 cm³/mol. The Hall–Kier alpha value is 0.293. The second-order valence-electron chi connectivity index (χ2n) is 7.09. The molecule has 3 aliphatic rings. The Kier molecular flexibility index (Phi) is 8.46. The van der Waals surface area contributed by atoms with Gasteiger partial charge in [0.2, 0.25) is 0 Å². The Morgan fingerprint density at radius 2 is 1.61 bits per heavy atom. The standard InChI is InChI=1S/2C7H9.C6H10.2ClH.Zr/c1-6-3-4-7(2)5-6;1-6-4-3-5-7(6)2;1-2-4-6-5-3-1;;;/h3-4,6H,1-2H3;4H,5H2,1-2H3;1-5H2;2*1H;. The van der Waals surface area contributed by atoms with Gasteiger partial charge in [0.15, 0.2) is 0 Å². The number of rotatable bonds is 2. The second kappa shape index (κ2) is 9.12. The molecule has 0 saturated heterocycles. The Morgan fingerprint density at radius 1 is 0.957 bits per heavy atom. The van der Waals surface area contributed by atoms with Gasteiger partial charge in [-0.05, 0) is 0 Å². The van der Waals surface area contributed by atoms with Crippen molar-refractivity contribution in [3.63, 3.8) is 0 Å². The molecule has 0 aromatic rings. The van der Waals surface area contributed by atoms with Gasteiger partial charge in [-0.3, -0.25) is 0 Å². The molecule has 0 radical (unpaired) electrons. The fourth-order valence-electron chi connectivity index (χ4n) is 4.10. The van der Waals surface area contributed by atoms with Crippen LogP contribution in [-0.4, -0.2) is 3.21 Å². The zero-order valence-electron chi connectivity index (χ0n) is 14.9. The minimum Gasteiger partial charge on any atom is -0.147 e. The third kappa shape index (κ3) is 4.48. The zero-order chi connectivity index (χ0) is 15.0. The van der Waals surface area contributed by atoms with Crippen molar-refractivity contribution >= 4 is 28.0 Å². The minimum atomic E-state index is -1.76. The molecule has 1 saturated carbocycles. The molecule has 0 bridgehead atoms. The van der Waals surface area contributed by atoms with Gasteiger partial charge in [0.1, 0.15) is 0 Å². The van der Waals surface area contributed by atoms with Crippen LogP contribution in [0.1, 0.15) is 66.2 Å². The Bertz CT molecular complexity index is 610. The van der Waals surface area contributed by atoms with E-state index in [9.17, 15) is 0 Å². The van der Waals surface area contributed by atoms with Crippen LogP contribution in [0.5, 0.6) is 0 Å². The number of hydrogen-bond acceptors (Lipinski definition) is 0. The van der Waals surface area contributed by atoms with Gasteiger partial charge in [0.05, 0.1) is 0 Å². The van der Waals surface area contributed by atoms with Gasteiger partial charge in [0, 0.05) is 0 Å². The average molecular weight is 433 g/mol. The molecule has 0 amide bonds. The molecule has 1 fully saturated rings. The van der Waals surface area contributed by atoms with Crippen LogP contribution in [-0.2, 0) is 21.3 Å². The molecule has 23 heavy (non-hydrogen) atoms. The quantitative estimate of drug-likeness (QED) is 0.456. The second-order valence-corrected chi connectivity index (χ2v) is 13.6. The monoisotopic (exact) mass is 430 g/mol. The third-order valence-corrected chi connectivity index (χ3v) is 14.2. The summed E-state index contributed by atoms with van der Waals surface area (Å²) in [4.78, 5) is 0. The van der Waals surface area contributed by atoms with Crippen molar-refractivity contribution in [2.75, 3.05) is 0 Å². The molecule has 0 aromatic carbocycles. The molecule has 0 nitrogen and oxygen atoms in total. The first-order valence-corrected chi connectivity index (χ1v) is 12.2. The number of hydrogen-bond donors (Lipinski definition) is 0. The molecule has 0 heterocycles. The van der Waals surface area contributed by atoms with Crippen molar-refractivity contribution in [3.05, 3.63) is 41.5 Å². The molecule has 3 heteroatoms. The molecule has 0 aromatic heterocycles. The summed E-state index contributed by atoms with van der Waals surface area (Å²) >= 11 is -1.76. The van der Waals surface area contributed by atoms with Crippen LogP contribution in [0, 0.1) is 5.92 Å². The van der Waals surface area contributed by atoms with Crippen molar-refractivity contribution in [2.24, 2.45) is 5.92 Å². The summed E-state index contributed by atoms with van der Waals surface area (Å²) in [6, 6.07) is 0. The summed E-state index contributed by atoms with van der Waals surface area (Å²) in [5.41, 5.74) is 4.78. The van der Waals surface area contributed by atoms with E-state index in [4.69, 9.17) is 0 Å². The van der Waals surface area contributed by atoms with Gasteiger partial charge >= 0.3 is 138 Å². The van der Waals surface area contributed by atoms with E-state index >= 15 is 0 Å². The Morgan fingerprint density at radius 3 is 2.09 bits per heavy atom. The zero-order valence-corrected chi connectivity index (χ0v) is 19.0. The largest absolute Gasteiger partial charge is 0.147 e. The van der Waals surface area contributed by atoms with E-state index in [2.05, 4.69) is 45.9 Å². The summed E-state index contributed by atoms with van der Waals surface area (Å²) in [6.45, 7) is 9.44. The third-order valence-electron chi connectivity index (χ3n) is 5.44. The van der Waals surface area contributed by atoms with E-state index in [1.165, 1.54) is 38.5 Å². The van der Waals surface area contributed by atoms with Gasteiger partial charge in [-0.2, -0.15) is 0 Å². The SMILES string of the molecule is CC1=C(C)C[C]([Zr]([C]2=C(C)C=CC2C)=[C]2CCCCC2)=C1.Cl.Cl. The number of allylic oxidation sites excluding steroid dienone is 8. The molecule has 0 spiro atoms. The Balaban J connectivity index is 0.00000132. The van der Waals surface area contributed by atoms with E-state index in [-0.39, 0.29) is 24.8 Å². The van der Waals surface area contributed by atoms with Crippen LogP contribution in [0.25, 0.3) is 0 Å². The van der Waals surface area contributed by atoms with Gasteiger partial charge in [-0.25, -0.2) is 0 Å². The summed E-state index contributed by atoms with van der Waals surface area (Å²) in [5.74, 6) is 0.705. The van der Waals surface area contributed by atoms with Crippen molar-refractivity contribution in [1.29, 1.82) is 0 Å². The normalized spacial score (nSPS) is 23.7. The van der Waals surface area contributed by atoms with E-state index in [1.807, 2.05) is 9.77 Å². The van der Waals surface area contributed by atoms with Crippen LogP contribution in [0.15, 0.2) is 41.5 Å². The van der Waals surface area contributed by atoms with Crippen molar-refractivity contribution in [1.82, 2.24) is 0 Å². The first kappa shape index (κ1) is 21.3. The maximum atomic E-state index is 2.58. The van der Waals surface area contributed by atoms with Crippen LogP contribution in [0.2, 0.25) is 0 Å². The molecular formula is C20H30Cl2Zr.